The average molecular weight is 352 g/mol. The van der Waals surface area contributed by atoms with Crippen LogP contribution in [-0.4, -0.2) is 47.3 Å². The van der Waals surface area contributed by atoms with Crippen molar-refractivity contribution in [1.82, 2.24) is 9.88 Å². The SMILES string of the molecule is C/C=C1/CN2[C@H]3Cc4c([nH]c5ccccc45)[C@@H]2C[C@@H]1[C@@]3(CO)C(=O)OC. The van der Waals surface area contributed by atoms with Crippen LogP contribution >= 0.6 is 0 Å². The number of esters is 1. The molecule has 5 heterocycles. The zero-order valence-corrected chi connectivity index (χ0v) is 15.2. The minimum atomic E-state index is -0.874. The molecule has 0 saturated carbocycles. The molecule has 5 atom stereocenters. The third-order valence-electron chi connectivity index (χ3n) is 7.06. The fraction of sp³-hybridized carbons (Fsp3) is 0.476. The van der Waals surface area contributed by atoms with E-state index in [9.17, 15) is 9.90 Å². The van der Waals surface area contributed by atoms with Crippen LogP contribution in [0.15, 0.2) is 35.9 Å². The molecule has 0 spiro atoms. The van der Waals surface area contributed by atoms with Crippen molar-refractivity contribution >= 4 is 16.9 Å². The molecule has 4 aliphatic rings. The van der Waals surface area contributed by atoms with Crippen LogP contribution in [0.1, 0.15) is 30.6 Å². The van der Waals surface area contributed by atoms with Gasteiger partial charge in [0.2, 0.25) is 0 Å². The van der Waals surface area contributed by atoms with Crippen LogP contribution in [0.25, 0.3) is 10.9 Å². The van der Waals surface area contributed by atoms with Crippen molar-refractivity contribution in [3.05, 3.63) is 47.2 Å². The van der Waals surface area contributed by atoms with Gasteiger partial charge in [0, 0.05) is 35.1 Å². The molecule has 1 aromatic carbocycles. The van der Waals surface area contributed by atoms with Gasteiger partial charge in [0.05, 0.1) is 19.8 Å². The molecule has 3 saturated heterocycles. The first-order valence-electron chi connectivity index (χ1n) is 9.35. The summed E-state index contributed by atoms with van der Waals surface area (Å²) in [6.07, 6.45) is 3.72. The number of aromatic amines is 1. The highest BCUT2D eigenvalue weighted by Gasteiger charge is 2.64. The lowest BCUT2D eigenvalue weighted by atomic mass is 9.55. The average Bonchev–Trinajstić information content (AvgIpc) is 3.06. The normalized spacial score (nSPS) is 36.3. The van der Waals surface area contributed by atoms with Crippen LogP contribution < -0.4 is 0 Å². The van der Waals surface area contributed by atoms with E-state index in [0.29, 0.717) is 0 Å². The number of ether oxygens (including phenoxy) is 1. The number of aliphatic hydroxyl groups is 1. The van der Waals surface area contributed by atoms with E-state index >= 15 is 0 Å². The summed E-state index contributed by atoms with van der Waals surface area (Å²) in [5.41, 5.74) is 4.12. The minimum Gasteiger partial charge on any atom is -0.468 e. The molecule has 136 valence electrons. The van der Waals surface area contributed by atoms with Crippen LogP contribution in [0.5, 0.6) is 0 Å². The van der Waals surface area contributed by atoms with E-state index in [1.807, 2.05) is 13.0 Å². The number of piperidine rings is 3. The molecule has 2 N–H and O–H groups in total. The molecule has 2 aromatic rings. The number of nitrogens with zero attached hydrogens (tertiary/aromatic N) is 1. The lowest BCUT2D eigenvalue weighted by Gasteiger charge is -2.62. The fourth-order valence-electron chi connectivity index (χ4n) is 5.88. The summed E-state index contributed by atoms with van der Waals surface area (Å²) in [5, 5.41) is 11.7. The Labute approximate surface area is 152 Å². The number of nitrogens with one attached hydrogen (secondary N) is 1. The summed E-state index contributed by atoms with van der Waals surface area (Å²) in [6.45, 7) is 2.72. The Kier molecular flexibility index (Phi) is 3.37. The molecule has 0 aliphatic carbocycles. The Morgan fingerprint density at radius 1 is 1.46 bits per heavy atom. The number of methoxy groups -OCH3 is 1. The number of carbonyl (C=O) groups is 1. The number of rotatable bonds is 2. The second kappa shape index (κ2) is 5.44. The van der Waals surface area contributed by atoms with E-state index in [-0.39, 0.29) is 30.6 Å². The summed E-state index contributed by atoms with van der Waals surface area (Å²) in [5.74, 6) is -0.245. The van der Waals surface area contributed by atoms with Crippen molar-refractivity contribution in [2.45, 2.75) is 31.8 Å². The molecule has 0 radical (unpaired) electrons. The molecule has 1 unspecified atom stereocenters. The molecule has 6 rings (SSSR count). The number of benzene rings is 1. The topological polar surface area (TPSA) is 65.6 Å². The number of aromatic nitrogens is 1. The van der Waals surface area contributed by atoms with Gasteiger partial charge in [-0.15, -0.1) is 0 Å². The number of hydrogen-bond donors (Lipinski definition) is 2. The quantitative estimate of drug-likeness (QED) is 0.644. The van der Waals surface area contributed by atoms with E-state index in [4.69, 9.17) is 4.74 Å². The molecule has 3 fully saturated rings. The maximum absolute atomic E-state index is 12.9. The number of H-pyrrole nitrogens is 1. The largest absolute Gasteiger partial charge is 0.468 e. The van der Waals surface area contributed by atoms with E-state index in [1.165, 1.54) is 29.3 Å². The number of aliphatic hydroxyl groups excluding tert-OH is 1. The first-order chi connectivity index (χ1) is 12.7. The van der Waals surface area contributed by atoms with Gasteiger partial charge < -0.3 is 14.8 Å². The van der Waals surface area contributed by atoms with E-state index < -0.39 is 5.41 Å². The minimum absolute atomic E-state index is 0.0286. The van der Waals surface area contributed by atoms with Crippen molar-refractivity contribution in [2.24, 2.45) is 11.3 Å². The van der Waals surface area contributed by atoms with Gasteiger partial charge in [-0.3, -0.25) is 9.69 Å². The second-order valence-corrected chi connectivity index (χ2v) is 7.81. The summed E-state index contributed by atoms with van der Waals surface area (Å²) >= 11 is 0. The first-order valence-corrected chi connectivity index (χ1v) is 9.35. The highest BCUT2D eigenvalue weighted by atomic mass is 16.5. The maximum Gasteiger partial charge on any atom is 0.316 e. The van der Waals surface area contributed by atoms with Crippen molar-refractivity contribution in [1.29, 1.82) is 0 Å². The van der Waals surface area contributed by atoms with Gasteiger partial charge in [-0.2, -0.15) is 0 Å². The molecule has 4 aliphatic heterocycles. The van der Waals surface area contributed by atoms with Crippen LogP contribution in [0.2, 0.25) is 0 Å². The van der Waals surface area contributed by atoms with Crippen LogP contribution in [0, 0.1) is 11.3 Å². The van der Waals surface area contributed by atoms with Gasteiger partial charge in [0.1, 0.15) is 5.41 Å². The van der Waals surface area contributed by atoms with E-state index in [2.05, 4.69) is 34.2 Å². The van der Waals surface area contributed by atoms with Crippen molar-refractivity contribution in [3.8, 4) is 0 Å². The standard InChI is InChI=1S/C21H24N2O3/c1-3-12-10-23-17-9-15(12)21(11-24,20(25)26-2)18(23)8-14-13-6-4-5-7-16(13)22-19(14)17/h3-7,15,17-18,22,24H,8-11H2,1-2H3/b12-3-/t15-,17-,18-,21+/m0/s1. The van der Waals surface area contributed by atoms with Gasteiger partial charge >= 0.3 is 5.97 Å². The van der Waals surface area contributed by atoms with Crippen LogP contribution in [0.3, 0.4) is 0 Å². The number of allylic oxidation sites excluding steroid dienone is 1. The molecular formula is C21H24N2O3. The Morgan fingerprint density at radius 2 is 2.27 bits per heavy atom. The van der Waals surface area contributed by atoms with Crippen LogP contribution in [-0.2, 0) is 16.0 Å². The predicted molar refractivity (Wildman–Crippen MR) is 98.6 cm³/mol. The van der Waals surface area contributed by atoms with Gasteiger partial charge in [-0.1, -0.05) is 29.8 Å². The molecule has 4 bridgehead atoms. The predicted octanol–water partition coefficient (Wildman–Crippen LogP) is 2.57. The zero-order chi connectivity index (χ0) is 18.1. The van der Waals surface area contributed by atoms with E-state index in [1.54, 1.807) is 0 Å². The monoisotopic (exact) mass is 352 g/mol. The molecule has 5 heteroatoms. The Morgan fingerprint density at radius 3 is 3.00 bits per heavy atom. The Bertz CT molecular complexity index is 930. The fourth-order valence-corrected chi connectivity index (χ4v) is 5.88. The summed E-state index contributed by atoms with van der Waals surface area (Å²) in [7, 11) is 1.43. The lowest BCUT2D eigenvalue weighted by molar-refractivity contribution is -0.183. The third kappa shape index (κ3) is 1.75. The molecule has 0 amide bonds. The zero-order valence-electron chi connectivity index (χ0n) is 15.2. The number of carbonyl (C=O) groups excluding carboxylic acids is 1. The van der Waals surface area contributed by atoms with Gasteiger partial charge in [0.25, 0.3) is 0 Å². The van der Waals surface area contributed by atoms with Crippen molar-refractivity contribution in [3.63, 3.8) is 0 Å². The highest BCUT2D eigenvalue weighted by molar-refractivity contribution is 5.86. The lowest BCUT2D eigenvalue weighted by Crippen LogP contribution is -2.69. The second-order valence-electron chi connectivity index (χ2n) is 7.81. The molecule has 5 nitrogen and oxygen atoms in total. The third-order valence-corrected chi connectivity index (χ3v) is 7.06. The number of fused-ring (bicyclic) bond motifs is 4. The molecular weight excluding hydrogens is 328 g/mol. The summed E-state index contributed by atoms with van der Waals surface area (Å²) < 4.78 is 5.22. The Balaban J connectivity index is 1.73. The van der Waals surface area contributed by atoms with Crippen molar-refractivity contribution < 1.29 is 14.6 Å². The van der Waals surface area contributed by atoms with Crippen molar-refractivity contribution in [2.75, 3.05) is 20.3 Å². The highest BCUT2D eigenvalue weighted by Crippen LogP contribution is 2.59. The van der Waals surface area contributed by atoms with Gasteiger partial charge in [-0.25, -0.2) is 0 Å². The van der Waals surface area contributed by atoms with Gasteiger partial charge in [-0.05, 0) is 31.4 Å². The Hall–Kier alpha value is -2.11. The molecule has 26 heavy (non-hydrogen) atoms. The smallest absolute Gasteiger partial charge is 0.316 e. The number of para-hydroxylation sites is 1. The summed E-state index contributed by atoms with van der Waals surface area (Å²) in [6, 6.07) is 8.61. The maximum atomic E-state index is 12.9. The number of hydrogen-bond acceptors (Lipinski definition) is 4. The van der Waals surface area contributed by atoms with Crippen LogP contribution in [0.4, 0.5) is 0 Å². The first kappa shape index (κ1) is 16.1. The van der Waals surface area contributed by atoms with Gasteiger partial charge in [0.15, 0.2) is 0 Å². The van der Waals surface area contributed by atoms with E-state index in [0.717, 1.165) is 24.9 Å². The summed E-state index contributed by atoms with van der Waals surface area (Å²) in [4.78, 5) is 19.0. The molecule has 1 aromatic heterocycles.